The summed E-state index contributed by atoms with van der Waals surface area (Å²) < 4.78 is 5.16. The Morgan fingerprint density at radius 1 is 0.850 bits per heavy atom. The fourth-order valence-corrected chi connectivity index (χ4v) is 2.35. The van der Waals surface area contributed by atoms with E-state index in [4.69, 9.17) is 4.74 Å². The van der Waals surface area contributed by atoms with E-state index >= 15 is 0 Å². The third kappa shape index (κ3) is 2.59. The third-order valence-electron chi connectivity index (χ3n) is 3.45. The van der Waals surface area contributed by atoms with Gasteiger partial charge in [-0.05, 0) is 40.6 Å². The molecule has 2 heteroatoms. The lowest BCUT2D eigenvalue weighted by atomic mass is 10.0. The summed E-state index contributed by atoms with van der Waals surface area (Å²) in [4.78, 5) is 0. The molecule has 3 rings (SSSR count). The molecule has 0 heterocycles. The van der Waals surface area contributed by atoms with Crippen LogP contribution in [0.3, 0.4) is 0 Å². The summed E-state index contributed by atoms with van der Waals surface area (Å²) in [5, 5.41) is 6.03. The Labute approximate surface area is 119 Å². The van der Waals surface area contributed by atoms with Gasteiger partial charge in [0.2, 0.25) is 0 Å². The van der Waals surface area contributed by atoms with Crippen molar-refractivity contribution in [2.45, 2.75) is 6.54 Å². The van der Waals surface area contributed by atoms with Gasteiger partial charge in [-0.1, -0.05) is 42.5 Å². The zero-order chi connectivity index (χ0) is 13.8. The van der Waals surface area contributed by atoms with Gasteiger partial charge in [-0.25, -0.2) is 0 Å². The van der Waals surface area contributed by atoms with Gasteiger partial charge in [0.05, 0.1) is 7.11 Å². The van der Waals surface area contributed by atoms with Gasteiger partial charge in [-0.3, -0.25) is 0 Å². The molecule has 0 aliphatic rings. The van der Waals surface area contributed by atoms with Crippen LogP contribution < -0.4 is 10.1 Å². The zero-order valence-electron chi connectivity index (χ0n) is 11.5. The van der Waals surface area contributed by atoms with Gasteiger partial charge in [-0.2, -0.15) is 0 Å². The SMILES string of the molecule is COc1ccc(NCc2cccc3ccccc23)cc1. The van der Waals surface area contributed by atoms with Gasteiger partial charge in [0.25, 0.3) is 0 Å². The van der Waals surface area contributed by atoms with E-state index in [1.165, 1.54) is 16.3 Å². The monoisotopic (exact) mass is 263 g/mol. The maximum absolute atomic E-state index is 5.16. The maximum Gasteiger partial charge on any atom is 0.119 e. The topological polar surface area (TPSA) is 21.3 Å². The Bertz CT molecular complexity index is 699. The van der Waals surface area contributed by atoms with E-state index in [2.05, 4.69) is 47.8 Å². The molecule has 3 aromatic rings. The summed E-state index contributed by atoms with van der Waals surface area (Å²) in [6.45, 7) is 0.813. The van der Waals surface area contributed by atoms with E-state index in [-0.39, 0.29) is 0 Å². The maximum atomic E-state index is 5.16. The van der Waals surface area contributed by atoms with Gasteiger partial charge >= 0.3 is 0 Å². The van der Waals surface area contributed by atoms with Gasteiger partial charge in [0.1, 0.15) is 5.75 Å². The van der Waals surface area contributed by atoms with Crippen LogP contribution in [0.1, 0.15) is 5.56 Å². The highest BCUT2D eigenvalue weighted by Crippen LogP contribution is 2.20. The first-order valence-corrected chi connectivity index (χ1v) is 6.71. The van der Waals surface area contributed by atoms with Crippen molar-refractivity contribution in [3.05, 3.63) is 72.3 Å². The predicted octanol–water partition coefficient (Wildman–Crippen LogP) is 4.46. The van der Waals surface area contributed by atoms with Crippen molar-refractivity contribution in [3.8, 4) is 5.75 Å². The van der Waals surface area contributed by atoms with Crippen molar-refractivity contribution < 1.29 is 4.74 Å². The Balaban J connectivity index is 1.79. The standard InChI is InChI=1S/C18H17NO/c1-20-17-11-9-16(10-12-17)19-13-15-7-4-6-14-5-2-3-8-18(14)15/h2-12,19H,13H2,1H3. The second kappa shape index (κ2) is 5.66. The number of methoxy groups -OCH3 is 1. The van der Waals surface area contributed by atoms with E-state index < -0.39 is 0 Å². The van der Waals surface area contributed by atoms with Crippen molar-refractivity contribution >= 4 is 16.5 Å². The summed E-state index contributed by atoms with van der Waals surface area (Å²) in [7, 11) is 1.68. The molecular formula is C18H17NO. The van der Waals surface area contributed by atoms with Gasteiger partial charge in [-0.15, -0.1) is 0 Å². The number of hydrogen-bond donors (Lipinski definition) is 1. The molecule has 0 atom stereocenters. The van der Waals surface area contributed by atoms with Crippen LogP contribution in [-0.2, 0) is 6.54 Å². The Morgan fingerprint density at radius 3 is 2.40 bits per heavy atom. The Kier molecular flexibility index (Phi) is 3.55. The van der Waals surface area contributed by atoms with E-state index in [9.17, 15) is 0 Å². The van der Waals surface area contributed by atoms with E-state index in [1.807, 2.05) is 24.3 Å². The van der Waals surface area contributed by atoms with Crippen LogP contribution in [0.4, 0.5) is 5.69 Å². The Morgan fingerprint density at radius 2 is 1.60 bits per heavy atom. The Hall–Kier alpha value is -2.48. The number of anilines is 1. The van der Waals surface area contributed by atoms with E-state index in [0.717, 1.165) is 18.0 Å². The van der Waals surface area contributed by atoms with Gasteiger partial charge < -0.3 is 10.1 Å². The molecule has 0 unspecified atom stereocenters. The lowest BCUT2D eigenvalue weighted by Crippen LogP contribution is -1.99. The number of nitrogens with one attached hydrogen (secondary N) is 1. The fourth-order valence-electron chi connectivity index (χ4n) is 2.35. The highest BCUT2D eigenvalue weighted by molar-refractivity contribution is 5.85. The first-order chi connectivity index (χ1) is 9.86. The molecule has 0 fully saturated rings. The molecule has 1 N–H and O–H groups in total. The lowest BCUT2D eigenvalue weighted by molar-refractivity contribution is 0.415. The minimum atomic E-state index is 0.813. The zero-order valence-corrected chi connectivity index (χ0v) is 11.5. The quantitative estimate of drug-likeness (QED) is 0.750. The van der Waals surface area contributed by atoms with E-state index in [1.54, 1.807) is 7.11 Å². The third-order valence-corrected chi connectivity index (χ3v) is 3.45. The molecule has 2 nitrogen and oxygen atoms in total. The molecule has 0 bridgehead atoms. The second-order valence-corrected chi connectivity index (χ2v) is 4.72. The number of fused-ring (bicyclic) bond motifs is 1. The largest absolute Gasteiger partial charge is 0.497 e. The number of rotatable bonds is 4. The normalized spacial score (nSPS) is 10.4. The number of benzene rings is 3. The fraction of sp³-hybridized carbons (Fsp3) is 0.111. The van der Waals surface area contributed by atoms with Crippen molar-refractivity contribution in [1.29, 1.82) is 0 Å². The molecule has 20 heavy (non-hydrogen) atoms. The summed E-state index contributed by atoms with van der Waals surface area (Å²) in [5.41, 5.74) is 2.40. The lowest BCUT2D eigenvalue weighted by Gasteiger charge is -2.10. The van der Waals surface area contributed by atoms with Gasteiger partial charge in [0, 0.05) is 12.2 Å². The molecule has 3 aromatic carbocycles. The van der Waals surface area contributed by atoms with Crippen LogP contribution in [-0.4, -0.2) is 7.11 Å². The number of hydrogen-bond acceptors (Lipinski definition) is 2. The summed E-state index contributed by atoms with van der Waals surface area (Å²) in [6.07, 6.45) is 0. The minimum Gasteiger partial charge on any atom is -0.497 e. The van der Waals surface area contributed by atoms with Crippen LogP contribution >= 0.6 is 0 Å². The minimum absolute atomic E-state index is 0.813. The molecule has 100 valence electrons. The average molecular weight is 263 g/mol. The van der Waals surface area contributed by atoms with Crippen LogP contribution in [0, 0.1) is 0 Å². The summed E-state index contributed by atoms with van der Waals surface area (Å²) in [5.74, 6) is 0.876. The van der Waals surface area contributed by atoms with Crippen LogP contribution in [0.2, 0.25) is 0 Å². The van der Waals surface area contributed by atoms with Crippen LogP contribution in [0.15, 0.2) is 66.7 Å². The highest BCUT2D eigenvalue weighted by atomic mass is 16.5. The first-order valence-electron chi connectivity index (χ1n) is 6.71. The van der Waals surface area contributed by atoms with Crippen molar-refractivity contribution in [3.63, 3.8) is 0 Å². The molecule has 0 saturated carbocycles. The van der Waals surface area contributed by atoms with Gasteiger partial charge in [0.15, 0.2) is 0 Å². The van der Waals surface area contributed by atoms with Crippen molar-refractivity contribution in [1.82, 2.24) is 0 Å². The van der Waals surface area contributed by atoms with E-state index in [0.29, 0.717) is 0 Å². The second-order valence-electron chi connectivity index (χ2n) is 4.72. The molecule has 0 aliphatic heterocycles. The molecule has 0 aliphatic carbocycles. The van der Waals surface area contributed by atoms with Crippen molar-refractivity contribution in [2.24, 2.45) is 0 Å². The summed E-state index contributed by atoms with van der Waals surface area (Å²) >= 11 is 0. The molecule has 0 radical (unpaired) electrons. The van der Waals surface area contributed by atoms with Crippen LogP contribution in [0.5, 0.6) is 5.75 Å². The summed E-state index contributed by atoms with van der Waals surface area (Å²) in [6, 6.07) is 22.9. The predicted molar refractivity (Wildman–Crippen MR) is 84.3 cm³/mol. The smallest absolute Gasteiger partial charge is 0.119 e. The highest BCUT2D eigenvalue weighted by Gasteiger charge is 2.00. The molecule has 0 saturated heterocycles. The van der Waals surface area contributed by atoms with Crippen molar-refractivity contribution in [2.75, 3.05) is 12.4 Å². The number of ether oxygens (including phenoxy) is 1. The molecule has 0 amide bonds. The first kappa shape index (κ1) is 12.5. The molecule has 0 spiro atoms. The van der Waals surface area contributed by atoms with Crippen LogP contribution in [0.25, 0.3) is 10.8 Å². The average Bonchev–Trinajstić information content (AvgIpc) is 2.53. The molecular weight excluding hydrogens is 246 g/mol. The molecule has 0 aromatic heterocycles.